The van der Waals surface area contributed by atoms with Crippen LogP contribution < -0.4 is 5.32 Å². The Morgan fingerprint density at radius 1 is 0.862 bits per heavy atom. The van der Waals surface area contributed by atoms with Gasteiger partial charge < -0.3 is 19.2 Å². The van der Waals surface area contributed by atoms with E-state index in [0.717, 1.165) is 83.6 Å². The third kappa shape index (κ3) is 5.92. The first kappa shape index (κ1) is 42.7. The normalized spacial score (nSPS) is 46.8. The predicted molar refractivity (Wildman–Crippen MR) is 236 cm³/mol. The maximum Gasteiger partial charge on any atom is 0.192 e. The van der Waals surface area contributed by atoms with Gasteiger partial charge >= 0.3 is 0 Å². The van der Waals surface area contributed by atoms with Crippen LogP contribution in [0.2, 0.25) is 18.1 Å². The summed E-state index contributed by atoms with van der Waals surface area (Å²) >= 11 is 0. The lowest BCUT2D eigenvalue weighted by Crippen LogP contribution is -2.57. The Kier molecular flexibility index (Phi) is 10.3. The van der Waals surface area contributed by atoms with E-state index >= 15 is 0 Å². The number of carbonyl (C=O) groups is 1. The zero-order chi connectivity index (χ0) is 40.6. The van der Waals surface area contributed by atoms with Gasteiger partial charge in [-0.05, 0) is 172 Å². The van der Waals surface area contributed by atoms with Crippen molar-refractivity contribution in [2.45, 2.75) is 198 Å². The third-order valence-electron chi connectivity index (χ3n) is 18.9. The number of rotatable bonds is 5. The van der Waals surface area contributed by atoms with E-state index in [0.29, 0.717) is 35.6 Å². The Morgan fingerprint density at radius 2 is 1.47 bits per heavy atom. The number of Topliss-reactive ketones (excluding diaryl/α,β-unsaturated/α-hetero) is 1. The summed E-state index contributed by atoms with van der Waals surface area (Å²) in [5.41, 5.74) is 14.3. The second-order valence-electron chi connectivity index (χ2n) is 22.7. The number of allylic oxidation sites excluding steroid dienone is 1. The van der Waals surface area contributed by atoms with E-state index < -0.39 is 8.32 Å². The van der Waals surface area contributed by atoms with Crippen LogP contribution in [0.1, 0.15) is 146 Å². The second kappa shape index (κ2) is 14.0. The average molecular weight is 813 g/mol. The van der Waals surface area contributed by atoms with Crippen LogP contribution in [0.5, 0.6) is 0 Å². The number of carbonyl (C=O) groups excluding carboxylic acids is 1. The highest BCUT2D eigenvalue weighted by atomic mass is 28.4. The molecule has 4 spiro atoms. The summed E-state index contributed by atoms with van der Waals surface area (Å²) in [6, 6.07) is -0.0120. The summed E-state index contributed by atoms with van der Waals surface area (Å²) in [6.45, 7) is 22.1. The van der Waals surface area contributed by atoms with Crippen molar-refractivity contribution in [1.82, 2.24) is 5.32 Å². The maximum atomic E-state index is 12.6. The zero-order valence-electron chi connectivity index (χ0n) is 36.9. The molecule has 6 fully saturated rings. The lowest BCUT2D eigenvalue weighted by Gasteiger charge is -2.56. The zero-order valence-corrected chi connectivity index (χ0v) is 37.9. The summed E-state index contributed by atoms with van der Waals surface area (Å²) in [5, 5.41) is 7.75. The standard InChI is InChI=1S/C26H41N3O2Si.C22H31NO2.CH4/c1-17-14-19-15-18-10-11-24(5)21(8-9-22(24)30-32(6,7)23(2,3)4)26(18)13-12-25(19,31-26)16-20(17)28-29-27;1-14-10-17-11-16-6-7-20(2)18(4-5-19(20)24)22(16)9-8-21(17,25-22)12-15(14)13-23-3;/h14-15,17,20-22H,8-13,16H2,1-7H3;10-11,14-15,18,23H,4-9,12-13H2,1-3H3;1H4/t17-,20-,21+,22-,24-,25+,26+;14-,15+,18+,20-,21+,22+;/m00./s1. The molecule has 9 heteroatoms. The highest BCUT2D eigenvalue weighted by molar-refractivity contribution is 6.74. The van der Waals surface area contributed by atoms with E-state index in [9.17, 15) is 4.79 Å². The van der Waals surface area contributed by atoms with Crippen LogP contribution in [0.15, 0.2) is 51.7 Å². The van der Waals surface area contributed by atoms with Gasteiger partial charge in [0.05, 0.1) is 28.5 Å². The van der Waals surface area contributed by atoms with Gasteiger partial charge in [0.1, 0.15) is 5.78 Å². The number of ether oxygens (including phenoxy) is 2. The van der Waals surface area contributed by atoms with E-state index in [-0.39, 0.29) is 57.7 Å². The minimum absolute atomic E-state index is 0. The molecule has 1 N–H and O–H groups in total. The van der Waals surface area contributed by atoms with Crippen LogP contribution in [-0.4, -0.2) is 62.2 Å². The highest BCUT2D eigenvalue weighted by Gasteiger charge is 2.69. The van der Waals surface area contributed by atoms with Gasteiger partial charge in [0.2, 0.25) is 0 Å². The Hall–Kier alpha value is -2.00. The molecule has 8 nitrogen and oxygen atoms in total. The van der Waals surface area contributed by atoms with Crippen molar-refractivity contribution < 1.29 is 18.7 Å². The van der Waals surface area contributed by atoms with Crippen LogP contribution in [0.25, 0.3) is 10.4 Å². The fourth-order valence-corrected chi connectivity index (χ4v) is 15.9. The van der Waals surface area contributed by atoms with Gasteiger partial charge in [0.15, 0.2) is 8.32 Å². The number of hydrogen-bond acceptors (Lipinski definition) is 6. The molecule has 2 saturated heterocycles. The molecule has 10 aliphatic rings. The van der Waals surface area contributed by atoms with Crippen molar-refractivity contribution in [2.24, 2.45) is 45.5 Å². The average Bonchev–Trinajstić information content (AvgIpc) is 3.85. The molecule has 4 aliphatic heterocycles. The van der Waals surface area contributed by atoms with Crippen LogP contribution >= 0.6 is 0 Å². The monoisotopic (exact) mass is 813 g/mol. The van der Waals surface area contributed by atoms with E-state index in [1.807, 2.05) is 0 Å². The molecule has 6 aliphatic carbocycles. The van der Waals surface area contributed by atoms with Crippen molar-refractivity contribution in [1.29, 1.82) is 0 Å². The lowest BCUT2D eigenvalue weighted by molar-refractivity contribution is -0.153. The maximum absolute atomic E-state index is 12.6. The van der Waals surface area contributed by atoms with Gasteiger partial charge in [-0.25, -0.2) is 0 Å². The minimum Gasteiger partial charge on any atom is -0.413 e. The Morgan fingerprint density at radius 3 is 2.09 bits per heavy atom. The first-order valence-electron chi connectivity index (χ1n) is 23.0. The van der Waals surface area contributed by atoms with Gasteiger partial charge in [-0.3, -0.25) is 4.79 Å². The van der Waals surface area contributed by atoms with E-state index in [2.05, 4.69) is 108 Å². The first-order valence-corrected chi connectivity index (χ1v) is 25.9. The predicted octanol–water partition coefficient (Wildman–Crippen LogP) is 11.9. The second-order valence-corrected chi connectivity index (χ2v) is 27.5. The summed E-state index contributed by atoms with van der Waals surface area (Å²) in [5.74, 6) is 2.91. The van der Waals surface area contributed by atoms with Crippen LogP contribution in [0, 0.1) is 40.4 Å². The molecular weight excluding hydrogens is 737 g/mol. The molecule has 4 saturated carbocycles. The fourth-order valence-electron chi connectivity index (χ4n) is 14.5. The number of nitrogens with zero attached hydrogens (tertiary/aromatic N) is 3. The summed E-state index contributed by atoms with van der Waals surface area (Å²) in [6.07, 6.45) is 25.0. The van der Waals surface area contributed by atoms with Gasteiger partial charge in [0.25, 0.3) is 0 Å². The van der Waals surface area contributed by atoms with Gasteiger partial charge in [-0.2, -0.15) is 0 Å². The van der Waals surface area contributed by atoms with E-state index in [4.69, 9.17) is 19.4 Å². The van der Waals surface area contributed by atoms with Crippen molar-refractivity contribution in [3.05, 3.63) is 57.0 Å². The van der Waals surface area contributed by atoms with E-state index in [1.54, 1.807) is 0 Å². The quantitative estimate of drug-likeness (QED) is 0.129. The number of nitrogens with one attached hydrogen (secondary N) is 1. The molecule has 0 radical (unpaired) electrons. The van der Waals surface area contributed by atoms with Gasteiger partial charge in [0, 0.05) is 28.7 Å². The van der Waals surface area contributed by atoms with E-state index in [1.165, 1.54) is 35.1 Å². The summed E-state index contributed by atoms with van der Waals surface area (Å²) in [7, 11) is 0.225. The molecule has 4 bridgehead atoms. The number of ketones is 1. The third-order valence-corrected chi connectivity index (χ3v) is 23.4. The smallest absolute Gasteiger partial charge is 0.192 e. The van der Waals surface area contributed by atoms with Crippen molar-refractivity contribution >= 4 is 14.1 Å². The van der Waals surface area contributed by atoms with Gasteiger partial charge in [-0.15, -0.1) is 0 Å². The van der Waals surface area contributed by atoms with Crippen molar-refractivity contribution in [3.8, 4) is 0 Å². The van der Waals surface area contributed by atoms with Crippen LogP contribution in [0.4, 0.5) is 0 Å². The topological polar surface area (TPSA) is 106 Å². The molecule has 0 unspecified atom stereocenters. The van der Waals surface area contributed by atoms with Crippen molar-refractivity contribution in [3.63, 3.8) is 0 Å². The molecule has 4 heterocycles. The molecule has 58 heavy (non-hydrogen) atoms. The molecular formula is C49H76N4O4Si. The lowest BCUT2D eigenvalue weighted by atomic mass is 9.58. The minimum atomic E-state index is -1.83. The molecule has 0 aromatic heterocycles. The molecule has 13 atom stereocenters. The summed E-state index contributed by atoms with van der Waals surface area (Å²) < 4.78 is 21.5. The number of azide groups is 1. The summed E-state index contributed by atoms with van der Waals surface area (Å²) in [4.78, 5) is 15.8. The van der Waals surface area contributed by atoms with Gasteiger partial charge in [-0.1, -0.05) is 85.3 Å². The highest BCUT2D eigenvalue weighted by Crippen LogP contribution is 2.69. The number of fused-ring (bicyclic) bond motifs is 2. The molecule has 0 aromatic carbocycles. The Balaban J connectivity index is 0.000000163. The van der Waals surface area contributed by atoms with Crippen LogP contribution in [-0.2, 0) is 18.7 Å². The van der Waals surface area contributed by atoms with Crippen molar-refractivity contribution in [2.75, 3.05) is 13.6 Å². The SMILES string of the molecule is C.CNC[C@H]1C[C@@]23CC[C@@]4(O2)C(=CC3=C[C@@H]1C)CC[C@]1(C)C(=O)CC[C@H]14.C[C@H]1C=C2C=C3CC[C@]4(C)[C@@H](O[Si](C)(C)C(C)(C)C)CC[C@H]4[C@@]34CC[C@]2(C[C@@H]1N=[N+]=[N-])O4. The number of hydrogen-bond donors (Lipinski definition) is 1. The largest absolute Gasteiger partial charge is 0.413 e. The Labute approximate surface area is 351 Å². The Bertz CT molecular complexity index is 1890. The molecule has 0 aromatic rings. The van der Waals surface area contributed by atoms with Crippen LogP contribution in [0.3, 0.4) is 0 Å². The fraction of sp³-hybridized carbons (Fsp3) is 0.816. The first-order chi connectivity index (χ1) is 26.8. The molecule has 320 valence electrons. The molecule has 0 amide bonds. The molecule has 10 rings (SSSR count).